The molecule has 7 nitrogen and oxygen atoms in total. The highest BCUT2D eigenvalue weighted by molar-refractivity contribution is 7.60. The topological polar surface area (TPSA) is 115 Å². The maximum atomic E-state index is 14.3. The van der Waals surface area contributed by atoms with E-state index in [1.807, 2.05) is 11.5 Å². The van der Waals surface area contributed by atoms with Crippen molar-refractivity contribution in [1.82, 2.24) is 9.55 Å². The molecule has 1 saturated carbocycles. The summed E-state index contributed by atoms with van der Waals surface area (Å²) in [5.74, 6) is 0.250. The lowest BCUT2D eigenvalue weighted by atomic mass is 9.85. The molecule has 1 fully saturated rings. The minimum absolute atomic E-state index is 0.0583. The number of imidazole rings is 1. The number of anilines is 1. The zero-order valence-electron chi connectivity index (χ0n) is 14.9. The van der Waals surface area contributed by atoms with Crippen molar-refractivity contribution in [3.8, 4) is 11.4 Å². The molecule has 0 amide bonds. The molecule has 9 heteroatoms. The van der Waals surface area contributed by atoms with Crippen LogP contribution >= 0.6 is 7.60 Å². The summed E-state index contributed by atoms with van der Waals surface area (Å²) < 4.78 is 33.1. The fourth-order valence-corrected chi connectivity index (χ4v) is 4.35. The first-order chi connectivity index (χ1) is 12.8. The zero-order chi connectivity index (χ0) is 19.3. The van der Waals surface area contributed by atoms with Gasteiger partial charge in [0.25, 0.3) is 0 Å². The van der Waals surface area contributed by atoms with E-state index in [2.05, 4.69) is 4.98 Å². The molecule has 0 unspecified atom stereocenters. The van der Waals surface area contributed by atoms with Crippen LogP contribution in [0.5, 0.6) is 0 Å². The number of fused-ring (bicyclic) bond motifs is 1. The molecule has 1 aliphatic rings. The van der Waals surface area contributed by atoms with Crippen LogP contribution < -0.4 is 11.2 Å². The van der Waals surface area contributed by atoms with Gasteiger partial charge in [0.2, 0.25) is 5.50 Å². The molecule has 0 aliphatic heterocycles. The van der Waals surface area contributed by atoms with Crippen LogP contribution in [0.15, 0.2) is 22.8 Å². The Kier molecular flexibility index (Phi) is 4.37. The summed E-state index contributed by atoms with van der Waals surface area (Å²) in [6.07, 6.45) is 5.12. The number of rotatable bonds is 5. The minimum Gasteiger partial charge on any atom is -0.456 e. The van der Waals surface area contributed by atoms with Crippen LogP contribution in [-0.4, -0.2) is 19.3 Å². The predicted molar refractivity (Wildman–Crippen MR) is 100 cm³/mol. The van der Waals surface area contributed by atoms with Gasteiger partial charge in [-0.15, -0.1) is 0 Å². The molecule has 4 rings (SSSR count). The van der Waals surface area contributed by atoms with Crippen LogP contribution in [-0.2, 0) is 17.5 Å². The Morgan fingerprint density at radius 1 is 1.44 bits per heavy atom. The van der Waals surface area contributed by atoms with Gasteiger partial charge in [0.1, 0.15) is 17.2 Å². The largest absolute Gasteiger partial charge is 0.456 e. The highest BCUT2D eigenvalue weighted by Crippen LogP contribution is 2.41. The van der Waals surface area contributed by atoms with Crippen molar-refractivity contribution in [2.45, 2.75) is 39.2 Å². The Hall–Kier alpha value is -2.15. The number of nitrogen functional groups attached to an aromatic ring is 1. The fraction of sp³-hybridized carbons (Fsp3) is 0.389. The fourth-order valence-electron chi connectivity index (χ4n) is 3.66. The van der Waals surface area contributed by atoms with Crippen LogP contribution in [0.25, 0.3) is 22.4 Å². The van der Waals surface area contributed by atoms with Gasteiger partial charge >= 0.3 is 7.60 Å². The second kappa shape index (κ2) is 6.48. The highest BCUT2D eigenvalue weighted by atomic mass is 31.2. The molecule has 2 aromatic heterocycles. The van der Waals surface area contributed by atoms with E-state index in [4.69, 9.17) is 10.2 Å². The van der Waals surface area contributed by atoms with Gasteiger partial charge in [0, 0.05) is 6.54 Å². The smallest absolute Gasteiger partial charge is 0.391 e. The lowest BCUT2D eigenvalue weighted by molar-refractivity contribution is 0.280. The van der Waals surface area contributed by atoms with Crippen molar-refractivity contribution in [2.24, 2.45) is 5.92 Å². The summed E-state index contributed by atoms with van der Waals surface area (Å²) in [6, 6.07) is 2.89. The summed E-state index contributed by atoms with van der Waals surface area (Å²) in [4.78, 5) is 23.7. The summed E-state index contributed by atoms with van der Waals surface area (Å²) in [7, 11) is -4.63. The predicted octanol–water partition coefficient (Wildman–Crippen LogP) is 3.18. The van der Waals surface area contributed by atoms with E-state index in [0.29, 0.717) is 30.2 Å². The molecule has 144 valence electrons. The summed E-state index contributed by atoms with van der Waals surface area (Å²) >= 11 is 0. The first-order valence-electron chi connectivity index (χ1n) is 8.92. The lowest BCUT2D eigenvalue weighted by Gasteiger charge is -2.27. The third-order valence-electron chi connectivity index (χ3n) is 5.28. The Morgan fingerprint density at radius 2 is 2.19 bits per heavy atom. The molecule has 0 radical (unpaired) electrons. The van der Waals surface area contributed by atoms with Gasteiger partial charge in [-0.3, -0.25) is 4.57 Å². The van der Waals surface area contributed by atoms with Gasteiger partial charge in [0.05, 0.1) is 23.0 Å². The Morgan fingerprint density at radius 3 is 2.78 bits per heavy atom. The molecule has 0 bridgehead atoms. The first kappa shape index (κ1) is 18.2. The number of benzene rings is 1. The van der Waals surface area contributed by atoms with Gasteiger partial charge in [0.15, 0.2) is 0 Å². The number of halogens is 1. The summed E-state index contributed by atoms with van der Waals surface area (Å²) in [5, 5.41) is 0. The standard InChI is InChI=1S/C18H21FN3O4P/c1-2-11-8-13(19)14(20)15-16(11)22(9-10-4-3-5-10)17(21-15)12-6-7-26-18(12)27(23,24)25/h6-8,10H,2-5,9,20H2,1H3,(H2,23,24,25). The van der Waals surface area contributed by atoms with Crippen molar-refractivity contribution in [3.05, 3.63) is 29.8 Å². The molecule has 27 heavy (non-hydrogen) atoms. The third-order valence-corrected chi connectivity index (χ3v) is 6.16. The molecule has 1 aromatic carbocycles. The SMILES string of the molecule is CCc1cc(F)c(N)c2nc(-c3ccoc3P(=O)(O)O)n(CC3CCC3)c12. The van der Waals surface area contributed by atoms with E-state index in [9.17, 15) is 18.7 Å². The molecular weight excluding hydrogens is 372 g/mol. The van der Waals surface area contributed by atoms with Crippen LogP contribution in [0.4, 0.5) is 10.1 Å². The maximum absolute atomic E-state index is 14.3. The second-order valence-corrected chi connectivity index (χ2v) is 8.50. The van der Waals surface area contributed by atoms with Gasteiger partial charge in [-0.1, -0.05) is 13.3 Å². The van der Waals surface area contributed by atoms with E-state index in [1.165, 1.54) is 18.4 Å². The molecule has 0 spiro atoms. The quantitative estimate of drug-likeness (QED) is 0.453. The first-order valence-corrected chi connectivity index (χ1v) is 10.5. The average molecular weight is 393 g/mol. The van der Waals surface area contributed by atoms with E-state index >= 15 is 0 Å². The van der Waals surface area contributed by atoms with E-state index in [-0.39, 0.29) is 11.3 Å². The van der Waals surface area contributed by atoms with E-state index in [0.717, 1.165) is 30.3 Å². The lowest BCUT2D eigenvalue weighted by Crippen LogP contribution is -2.19. The Balaban J connectivity index is 2.02. The van der Waals surface area contributed by atoms with Crippen LogP contribution in [0.1, 0.15) is 31.7 Å². The van der Waals surface area contributed by atoms with Crippen molar-refractivity contribution in [2.75, 3.05) is 5.73 Å². The number of hydrogen-bond acceptors (Lipinski definition) is 4. The van der Waals surface area contributed by atoms with Crippen molar-refractivity contribution in [3.63, 3.8) is 0 Å². The molecule has 4 N–H and O–H groups in total. The zero-order valence-corrected chi connectivity index (χ0v) is 15.7. The van der Waals surface area contributed by atoms with Crippen LogP contribution in [0.2, 0.25) is 0 Å². The summed E-state index contributed by atoms with van der Waals surface area (Å²) in [6.45, 7) is 2.55. The second-order valence-electron chi connectivity index (χ2n) is 7.01. The van der Waals surface area contributed by atoms with Gasteiger partial charge < -0.3 is 24.5 Å². The van der Waals surface area contributed by atoms with Gasteiger partial charge in [-0.2, -0.15) is 0 Å². The Bertz CT molecular complexity index is 1060. The highest BCUT2D eigenvalue weighted by Gasteiger charge is 2.31. The maximum Gasteiger partial charge on any atom is 0.391 e. The number of hydrogen-bond donors (Lipinski definition) is 3. The average Bonchev–Trinajstić information content (AvgIpc) is 3.18. The number of furan rings is 1. The van der Waals surface area contributed by atoms with E-state index in [1.54, 1.807) is 0 Å². The molecule has 2 heterocycles. The van der Waals surface area contributed by atoms with Crippen LogP contribution in [0.3, 0.4) is 0 Å². The number of nitrogens with two attached hydrogens (primary N) is 1. The normalized spacial score (nSPS) is 15.4. The molecule has 1 aliphatic carbocycles. The number of nitrogens with zero attached hydrogens (tertiary/aromatic N) is 2. The molecular formula is C18H21FN3O4P. The number of aromatic nitrogens is 2. The molecule has 0 atom stereocenters. The van der Waals surface area contributed by atoms with Crippen molar-refractivity contribution < 1.29 is 23.2 Å². The van der Waals surface area contributed by atoms with Gasteiger partial charge in [-0.25, -0.2) is 9.37 Å². The minimum atomic E-state index is -4.63. The molecule has 3 aromatic rings. The van der Waals surface area contributed by atoms with E-state index < -0.39 is 18.9 Å². The Labute approximate surface area is 155 Å². The van der Waals surface area contributed by atoms with Crippen molar-refractivity contribution in [1.29, 1.82) is 0 Å². The number of aryl methyl sites for hydroxylation is 1. The van der Waals surface area contributed by atoms with Gasteiger partial charge in [-0.05, 0) is 42.9 Å². The third kappa shape index (κ3) is 2.98. The van der Waals surface area contributed by atoms with Crippen molar-refractivity contribution >= 4 is 29.8 Å². The summed E-state index contributed by atoms with van der Waals surface area (Å²) in [5.41, 5.74) is 7.46. The van der Waals surface area contributed by atoms with Crippen LogP contribution in [0, 0.1) is 11.7 Å². The molecule has 0 saturated heterocycles. The monoisotopic (exact) mass is 393 g/mol.